The van der Waals surface area contributed by atoms with Crippen molar-refractivity contribution in [3.63, 3.8) is 0 Å². The number of ether oxygens (including phenoxy) is 1. The predicted molar refractivity (Wildman–Crippen MR) is 91.0 cm³/mol. The first-order valence-corrected chi connectivity index (χ1v) is 7.99. The van der Waals surface area contributed by atoms with Gasteiger partial charge in [-0.3, -0.25) is 10.1 Å². The summed E-state index contributed by atoms with van der Waals surface area (Å²) >= 11 is 0. The Morgan fingerprint density at radius 2 is 2.08 bits per heavy atom. The highest BCUT2D eigenvalue weighted by molar-refractivity contribution is 5.84. The van der Waals surface area contributed by atoms with Gasteiger partial charge in [0.1, 0.15) is 0 Å². The van der Waals surface area contributed by atoms with E-state index in [1.54, 1.807) is 6.07 Å². The summed E-state index contributed by atoms with van der Waals surface area (Å²) in [6.07, 6.45) is -0.509. The third-order valence-corrected chi connectivity index (χ3v) is 4.16. The van der Waals surface area contributed by atoms with Crippen LogP contribution >= 0.6 is 0 Å². The summed E-state index contributed by atoms with van der Waals surface area (Å²) in [5.74, 6) is 0. The van der Waals surface area contributed by atoms with Crippen molar-refractivity contribution in [1.29, 1.82) is 0 Å². The van der Waals surface area contributed by atoms with Crippen molar-refractivity contribution >= 4 is 16.6 Å². The lowest BCUT2D eigenvalue weighted by atomic mass is 9.85. The molecule has 0 radical (unpaired) electrons. The Morgan fingerprint density at radius 1 is 1.38 bits per heavy atom. The maximum Gasteiger partial charge on any atom is 0.270 e. The van der Waals surface area contributed by atoms with E-state index in [-0.39, 0.29) is 12.3 Å². The molecule has 2 aromatic rings. The lowest BCUT2D eigenvalue weighted by molar-refractivity contribution is -0.384. The van der Waals surface area contributed by atoms with Gasteiger partial charge in [-0.15, -0.1) is 0 Å². The summed E-state index contributed by atoms with van der Waals surface area (Å²) < 4.78 is 7.17. The van der Waals surface area contributed by atoms with Crippen molar-refractivity contribution in [2.45, 2.75) is 45.4 Å². The summed E-state index contributed by atoms with van der Waals surface area (Å²) in [5, 5.41) is 31.1. The van der Waals surface area contributed by atoms with Gasteiger partial charge in [-0.2, -0.15) is 0 Å². The zero-order valence-corrected chi connectivity index (χ0v) is 14.2. The quantitative estimate of drug-likeness (QED) is 0.438. The Labute approximate surface area is 140 Å². The van der Waals surface area contributed by atoms with E-state index in [2.05, 4.69) is 0 Å². The van der Waals surface area contributed by atoms with E-state index in [9.17, 15) is 20.3 Å². The fourth-order valence-electron chi connectivity index (χ4n) is 3.07. The highest BCUT2D eigenvalue weighted by atomic mass is 16.6. The monoisotopic (exact) mass is 336 g/mol. The minimum atomic E-state index is -0.889. The van der Waals surface area contributed by atoms with Gasteiger partial charge in [0.2, 0.25) is 0 Å². The summed E-state index contributed by atoms with van der Waals surface area (Å²) in [6.45, 7) is 6.53. The van der Waals surface area contributed by atoms with Crippen LogP contribution in [0.2, 0.25) is 0 Å². The maximum absolute atomic E-state index is 11.0. The van der Waals surface area contributed by atoms with E-state index in [1.807, 2.05) is 31.4 Å². The first-order chi connectivity index (χ1) is 11.3. The van der Waals surface area contributed by atoms with Gasteiger partial charge in [0.15, 0.2) is 6.29 Å². The largest absolute Gasteiger partial charge is 0.395 e. The van der Waals surface area contributed by atoms with Crippen molar-refractivity contribution in [1.82, 2.24) is 4.57 Å². The second kappa shape index (κ2) is 7.29. The van der Waals surface area contributed by atoms with Crippen LogP contribution in [-0.2, 0) is 16.7 Å². The number of non-ortho nitro benzene ring substituents is 1. The van der Waals surface area contributed by atoms with Crippen molar-refractivity contribution in [2.24, 2.45) is 0 Å². The molecule has 0 spiro atoms. The number of benzene rings is 1. The molecule has 0 fully saturated rings. The van der Waals surface area contributed by atoms with Crippen molar-refractivity contribution in [3.05, 3.63) is 40.1 Å². The molecule has 1 aromatic carbocycles. The third kappa shape index (κ3) is 3.75. The van der Waals surface area contributed by atoms with Crippen molar-refractivity contribution < 1.29 is 19.9 Å². The molecule has 0 saturated carbocycles. The predicted octanol–water partition coefficient (Wildman–Crippen LogP) is 2.56. The molecule has 0 aliphatic heterocycles. The van der Waals surface area contributed by atoms with Crippen LogP contribution in [0.4, 0.5) is 5.69 Å². The van der Waals surface area contributed by atoms with E-state index in [0.29, 0.717) is 19.6 Å². The van der Waals surface area contributed by atoms with E-state index in [4.69, 9.17) is 4.74 Å². The van der Waals surface area contributed by atoms with Crippen LogP contribution < -0.4 is 0 Å². The number of aromatic nitrogens is 1. The number of aliphatic hydroxyl groups excluding tert-OH is 2. The zero-order valence-electron chi connectivity index (χ0n) is 14.2. The summed E-state index contributed by atoms with van der Waals surface area (Å²) in [5.41, 5.74) is 1.31. The second-order valence-electron chi connectivity index (χ2n) is 6.40. The van der Waals surface area contributed by atoms with E-state index in [1.165, 1.54) is 12.1 Å². The van der Waals surface area contributed by atoms with Crippen LogP contribution in [0.1, 0.15) is 32.9 Å². The molecule has 7 nitrogen and oxygen atoms in total. The third-order valence-electron chi connectivity index (χ3n) is 4.16. The molecule has 0 amide bonds. The molecule has 0 bridgehead atoms. The van der Waals surface area contributed by atoms with Gasteiger partial charge in [-0.25, -0.2) is 0 Å². The molecule has 2 rings (SSSR count). The molecule has 0 aliphatic carbocycles. The molecule has 2 N–H and O–H groups in total. The number of nitrogens with zero attached hydrogens (tertiary/aromatic N) is 2. The zero-order chi connectivity index (χ0) is 17.9. The number of hydrogen-bond acceptors (Lipinski definition) is 5. The van der Waals surface area contributed by atoms with Crippen LogP contribution in [0.5, 0.6) is 0 Å². The molecular weight excluding hydrogens is 312 g/mol. The first kappa shape index (κ1) is 18.4. The van der Waals surface area contributed by atoms with Gasteiger partial charge in [0.25, 0.3) is 5.69 Å². The average molecular weight is 336 g/mol. The fraction of sp³-hybridized carbons (Fsp3) is 0.529. The summed E-state index contributed by atoms with van der Waals surface area (Å²) in [7, 11) is 0. The minimum absolute atomic E-state index is 0.0300. The Morgan fingerprint density at radius 3 is 2.67 bits per heavy atom. The Hall–Kier alpha value is -1.96. The van der Waals surface area contributed by atoms with Gasteiger partial charge in [0, 0.05) is 53.7 Å². The van der Waals surface area contributed by atoms with Crippen LogP contribution in [0.3, 0.4) is 0 Å². The molecule has 24 heavy (non-hydrogen) atoms. The summed E-state index contributed by atoms with van der Waals surface area (Å²) in [6, 6.07) is 6.57. The second-order valence-corrected chi connectivity index (χ2v) is 6.40. The number of hydrogen-bond donors (Lipinski definition) is 2. The van der Waals surface area contributed by atoms with Gasteiger partial charge in [-0.1, -0.05) is 13.8 Å². The molecular formula is C17H24N2O5. The number of fused-ring (bicyclic) bond motifs is 1. The molecule has 132 valence electrons. The fourth-order valence-corrected chi connectivity index (χ4v) is 3.07. The van der Waals surface area contributed by atoms with E-state index < -0.39 is 16.6 Å². The first-order valence-electron chi connectivity index (χ1n) is 7.99. The highest BCUT2D eigenvalue weighted by Crippen LogP contribution is 2.34. The number of aliphatic hydroxyl groups is 2. The Bertz CT molecular complexity index is 723. The smallest absolute Gasteiger partial charge is 0.270 e. The van der Waals surface area contributed by atoms with Gasteiger partial charge in [-0.05, 0) is 19.1 Å². The lowest BCUT2D eigenvalue weighted by Gasteiger charge is -2.29. The van der Waals surface area contributed by atoms with Crippen LogP contribution in [-0.4, -0.2) is 39.2 Å². The Kier molecular flexibility index (Phi) is 5.58. The topological polar surface area (TPSA) is 97.8 Å². The number of nitro groups is 1. The highest BCUT2D eigenvalue weighted by Gasteiger charge is 2.29. The van der Waals surface area contributed by atoms with Crippen LogP contribution in [0.15, 0.2) is 24.3 Å². The van der Waals surface area contributed by atoms with Gasteiger partial charge < -0.3 is 19.5 Å². The Balaban J connectivity index is 2.50. The summed E-state index contributed by atoms with van der Waals surface area (Å²) in [4.78, 5) is 10.6. The molecule has 1 atom stereocenters. The molecule has 1 unspecified atom stereocenters. The van der Waals surface area contributed by atoms with E-state index in [0.717, 1.165) is 16.6 Å². The average Bonchev–Trinajstić information content (AvgIpc) is 2.86. The standard InChI is InChI=1S/C17H24N2O5/c1-4-24-16(21)11-17(2,3)15-10-12-9-13(19(22)23)5-6-14(12)18(15)7-8-20/h5-6,9-10,16,20-21H,4,7-8,11H2,1-3H3. The van der Waals surface area contributed by atoms with Gasteiger partial charge in [0.05, 0.1) is 11.5 Å². The van der Waals surface area contributed by atoms with Crippen LogP contribution in [0, 0.1) is 10.1 Å². The lowest BCUT2D eigenvalue weighted by Crippen LogP contribution is -2.29. The normalized spacial score (nSPS) is 13.4. The van der Waals surface area contributed by atoms with E-state index >= 15 is 0 Å². The van der Waals surface area contributed by atoms with Crippen molar-refractivity contribution in [3.8, 4) is 0 Å². The van der Waals surface area contributed by atoms with Crippen LogP contribution in [0.25, 0.3) is 10.9 Å². The molecule has 0 saturated heterocycles. The molecule has 7 heteroatoms. The number of nitro benzene ring substituents is 1. The number of rotatable bonds is 8. The van der Waals surface area contributed by atoms with Crippen molar-refractivity contribution in [2.75, 3.05) is 13.2 Å². The SMILES string of the molecule is CCOC(O)CC(C)(C)c1cc2cc([N+](=O)[O-])ccc2n1CCO. The maximum atomic E-state index is 11.0. The minimum Gasteiger partial charge on any atom is -0.395 e. The molecule has 0 aliphatic rings. The van der Waals surface area contributed by atoms with Gasteiger partial charge >= 0.3 is 0 Å². The molecule has 1 aromatic heterocycles. The molecule has 1 heterocycles.